The molecule has 1 heterocycles. The van der Waals surface area contributed by atoms with Gasteiger partial charge >= 0.3 is 5.97 Å². The summed E-state index contributed by atoms with van der Waals surface area (Å²) in [6.07, 6.45) is 1.74. The van der Waals surface area contributed by atoms with Crippen molar-refractivity contribution in [2.24, 2.45) is 5.92 Å². The Morgan fingerprint density at radius 2 is 2.35 bits per heavy atom. The topological polar surface area (TPSA) is 46.5 Å². The Hall–Kier alpha value is -1.22. The Bertz CT molecular complexity index is 443. The quantitative estimate of drug-likeness (QED) is 0.899. The van der Waals surface area contributed by atoms with Crippen molar-refractivity contribution in [3.63, 3.8) is 0 Å². The van der Waals surface area contributed by atoms with E-state index in [0.717, 1.165) is 23.3 Å². The van der Waals surface area contributed by atoms with Gasteiger partial charge in [0.1, 0.15) is 5.75 Å². The molecule has 2 rings (SSSR count). The third-order valence-corrected chi connectivity index (χ3v) is 3.14. The van der Waals surface area contributed by atoms with E-state index in [-0.39, 0.29) is 12.3 Å². The van der Waals surface area contributed by atoms with Crippen LogP contribution in [0.25, 0.3) is 0 Å². The Labute approximate surface area is 105 Å². The minimum atomic E-state index is -0.767. The number of rotatable bonds is 4. The number of hydrogen-bond donors (Lipinski definition) is 1. The largest absolute Gasteiger partial charge is 0.493 e. The number of fused-ring (bicyclic) bond motifs is 1. The fraction of sp³-hybridized carbons (Fsp3) is 0.462. The van der Waals surface area contributed by atoms with Gasteiger partial charge < -0.3 is 9.84 Å². The lowest BCUT2D eigenvalue weighted by Crippen LogP contribution is -2.07. The molecule has 0 radical (unpaired) electrons. The van der Waals surface area contributed by atoms with Crippen LogP contribution in [0.3, 0.4) is 0 Å². The van der Waals surface area contributed by atoms with Gasteiger partial charge in [-0.05, 0) is 35.6 Å². The fourth-order valence-corrected chi connectivity index (χ4v) is 2.51. The second kappa shape index (κ2) is 4.96. The summed E-state index contributed by atoms with van der Waals surface area (Å²) in [5, 5.41) is 9.45. The highest BCUT2D eigenvalue weighted by Crippen LogP contribution is 2.34. The van der Waals surface area contributed by atoms with Crippen molar-refractivity contribution in [2.75, 3.05) is 6.61 Å². The van der Waals surface area contributed by atoms with Crippen molar-refractivity contribution < 1.29 is 14.6 Å². The number of carboxylic acid groups (broad SMARTS) is 1. The van der Waals surface area contributed by atoms with Gasteiger partial charge in [-0.2, -0.15) is 0 Å². The minimum absolute atomic E-state index is 0.0827. The van der Waals surface area contributed by atoms with Gasteiger partial charge in [0.15, 0.2) is 0 Å². The predicted molar refractivity (Wildman–Crippen MR) is 65.8 cm³/mol. The number of benzene rings is 1. The minimum Gasteiger partial charge on any atom is -0.493 e. The molecule has 0 aromatic heterocycles. The Morgan fingerprint density at radius 3 is 3.06 bits per heavy atom. The molecule has 0 spiro atoms. The second-order valence-electron chi connectivity index (χ2n) is 4.56. The van der Waals surface area contributed by atoms with Gasteiger partial charge in [0.05, 0.1) is 6.61 Å². The van der Waals surface area contributed by atoms with Crippen LogP contribution in [0, 0.1) is 5.92 Å². The van der Waals surface area contributed by atoms with Gasteiger partial charge in [0.25, 0.3) is 0 Å². The average molecular weight is 255 g/mol. The van der Waals surface area contributed by atoms with Crippen LogP contribution in [0.4, 0.5) is 0 Å². The highest BCUT2D eigenvalue weighted by molar-refractivity contribution is 6.30. The Balaban J connectivity index is 2.18. The first-order chi connectivity index (χ1) is 8.06. The van der Waals surface area contributed by atoms with Crippen molar-refractivity contribution in [1.82, 2.24) is 0 Å². The molecule has 1 aliphatic heterocycles. The molecule has 17 heavy (non-hydrogen) atoms. The number of hydrogen-bond acceptors (Lipinski definition) is 2. The molecule has 0 fully saturated rings. The third kappa shape index (κ3) is 2.91. The average Bonchev–Trinajstić information content (AvgIpc) is 2.63. The zero-order valence-corrected chi connectivity index (χ0v) is 10.5. The molecular weight excluding hydrogens is 240 g/mol. The molecule has 3 nitrogen and oxygen atoms in total. The maximum absolute atomic E-state index is 10.6. The normalized spacial score (nSPS) is 15.2. The number of aliphatic carboxylic acids is 1. The Kier molecular flexibility index (Phi) is 3.57. The van der Waals surface area contributed by atoms with Crippen molar-refractivity contribution in [1.29, 1.82) is 0 Å². The van der Waals surface area contributed by atoms with Gasteiger partial charge in [0.2, 0.25) is 0 Å². The van der Waals surface area contributed by atoms with E-state index in [1.54, 1.807) is 0 Å². The summed E-state index contributed by atoms with van der Waals surface area (Å²) >= 11 is 6.05. The number of carboxylic acids is 1. The predicted octanol–water partition coefficient (Wildman–Crippen LogP) is 2.93. The molecule has 0 amide bonds. The zero-order chi connectivity index (χ0) is 12.4. The third-order valence-electron chi connectivity index (χ3n) is 2.92. The second-order valence-corrected chi connectivity index (χ2v) is 5.00. The van der Waals surface area contributed by atoms with E-state index in [1.165, 1.54) is 0 Å². The molecule has 1 aromatic carbocycles. The molecule has 1 unspecified atom stereocenters. The summed E-state index contributed by atoms with van der Waals surface area (Å²) < 4.78 is 5.58. The maximum atomic E-state index is 10.6. The number of halogens is 1. The van der Waals surface area contributed by atoms with Crippen LogP contribution >= 0.6 is 11.6 Å². The van der Waals surface area contributed by atoms with Crippen LogP contribution in [0.2, 0.25) is 5.02 Å². The lowest BCUT2D eigenvalue weighted by molar-refractivity contribution is -0.137. The summed E-state index contributed by atoms with van der Waals surface area (Å²) in [5.74, 6) is 0.225. The lowest BCUT2D eigenvalue weighted by atomic mass is 9.96. The molecule has 0 saturated heterocycles. The highest BCUT2D eigenvalue weighted by Gasteiger charge is 2.19. The first kappa shape index (κ1) is 12.2. The van der Waals surface area contributed by atoms with Gasteiger partial charge in [-0.3, -0.25) is 4.79 Å². The summed E-state index contributed by atoms with van der Waals surface area (Å²) in [4.78, 5) is 10.6. The maximum Gasteiger partial charge on any atom is 0.303 e. The highest BCUT2D eigenvalue weighted by atomic mass is 35.5. The summed E-state index contributed by atoms with van der Waals surface area (Å²) in [5.41, 5.74) is 2.16. The van der Waals surface area contributed by atoms with Crippen molar-refractivity contribution in [3.8, 4) is 5.75 Å². The van der Waals surface area contributed by atoms with Crippen LogP contribution < -0.4 is 4.74 Å². The van der Waals surface area contributed by atoms with Crippen LogP contribution in [0.1, 0.15) is 24.5 Å². The summed E-state index contributed by atoms with van der Waals surface area (Å²) in [7, 11) is 0. The van der Waals surface area contributed by atoms with E-state index in [4.69, 9.17) is 21.4 Å². The summed E-state index contributed by atoms with van der Waals surface area (Å²) in [6.45, 7) is 2.62. The molecule has 1 aliphatic rings. The first-order valence-corrected chi connectivity index (χ1v) is 6.10. The van der Waals surface area contributed by atoms with E-state index >= 15 is 0 Å². The molecule has 1 N–H and O–H groups in total. The van der Waals surface area contributed by atoms with Gasteiger partial charge in [-0.25, -0.2) is 0 Å². The summed E-state index contributed by atoms with van der Waals surface area (Å²) in [6, 6.07) is 3.80. The van der Waals surface area contributed by atoms with Gasteiger partial charge in [-0.15, -0.1) is 0 Å². The molecular formula is C13H15ClO3. The van der Waals surface area contributed by atoms with E-state index in [2.05, 4.69) is 0 Å². The van der Waals surface area contributed by atoms with E-state index in [9.17, 15) is 4.79 Å². The molecule has 0 saturated carbocycles. The molecule has 0 bridgehead atoms. The zero-order valence-electron chi connectivity index (χ0n) is 9.70. The van der Waals surface area contributed by atoms with Crippen molar-refractivity contribution in [3.05, 3.63) is 28.3 Å². The first-order valence-electron chi connectivity index (χ1n) is 5.72. The number of ether oxygens (including phenoxy) is 1. The standard InChI is InChI=1S/C13H15ClO3/c1-8(5-12(15)16)4-10-7-11(14)6-9-2-3-17-13(9)10/h6-8H,2-5H2,1H3,(H,15,16). The van der Waals surface area contributed by atoms with E-state index < -0.39 is 5.97 Å². The Morgan fingerprint density at radius 1 is 1.59 bits per heavy atom. The van der Waals surface area contributed by atoms with E-state index in [0.29, 0.717) is 18.1 Å². The van der Waals surface area contributed by atoms with Gasteiger partial charge in [0, 0.05) is 17.9 Å². The number of carbonyl (C=O) groups is 1. The molecule has 1 aromatic rings. The van der Waals surface area contributed by atoms with Crippen LogP contribution in [-0.4, -0.2) is 17.7 Å². The lowest BCUT2D eigenvalue weighted by Gasteiger charge is -2.12. The van der Waals surface area contributed by atoms with Crippen LogP contribution in [0.5, 0.6) is 5.75 Å². The fourth-order valence-electron chi connectivity index (χ4n) is 2.24. The SMILES string of the molecule is CC(CC(=O)O)Cc1cc(Cl)cc2c1OCC2. The van der Waals surface area contributed by atoms with Gasteiger partial charge in [-0.1, -0.05) is 18.5 Å². The monoisotopic (exact) mass is 254 g/mol. The van der Waals surface area contributed by atoms with Crippen LogP contribution in [-0.2, 0) is 17.6 Å². The van der Waals surface area contributed by atoms with Crippen molar-refractivity contribution >= 4 is 17.6 Å². The molecule has 0 aliphatic carbocycles. The molecule has 92 valence electrons. The molecule has 4 heteroatoms. The molecule has 1 atom stereocenters. The van der Waals surface area contributed by atoms with Crippen molar-refractivity contribution in [2.45, 2.75) is 26.2 Å². The van der Waals surface area contributed by atoms with Crippen LogP contribution in [0.15, 0.2) is 12.1 Å². The van der Waals surface area contributed by atoms with E-state index in [1.807, 2.05) is 19.1 Å². The smallest absolute Gasteiger partial charge is 0.303 e.